The van der Waals surface area contributed by atoms with E-state index < -0.39 is 18.6 Å². The molecule has 1 amide bonds. The Bertz CT molecular complexity index is 428. The monoisotopic (exact) mass is 326 g/mol. The average Bonchev–Trinajstić information content (AvgIpc) is 2.65. The molecule has 0 fully saturated rings. The fourth-order valence-electron chi connectivity index (χ4n) is 1.62. The Morgan fingerprint density at radius 2 is 2.06 bits per heavy atom. The normalized spacial score (nSPS) is 11.7. The number of rotatable bonds is 4. The maximum absolute atomic E-state index is 12.3. The summed E-state index contributed by atoms with van der Waals surface area (Å²) in [6.07, 6.45) is -2.71. The molecular formula is C11H14BrF3N2O. The molecule has 0 aliphatic carbocycles. The molecule has 0 saturated heterocycles. The van der Waals surface area contributed by atoms with Crippen LogP contribution in [-0.2, 0) is 6.54 Å². The lowest BCUT2D eigenvalue weighted by atomic mass is 10.3. The highest BCUT2D eigenvalue weighted by Gasteiger charge is 2.33. The second kappa shape index (κ2) is 5.77. The summed E-state index contributed by atoms with van der Waals surface area (Å²) in [4.78, 5) is 12.8. The van der Waals surface area contributed by atoms with Gasteiger partial charge in [-0.1, -0.05) is 0 Å². The van der Waals surface area contributed by atoms with Gasteiger partial charge in [0.2, 0.25) is 0 Å². The molecule has 0 radical (unpaired) electrons. The van der Waals surface area contributed by atoms with Gasteiger partial charge in [-0.3, -0.25) is 4.79 Å². The van der Waals surface area contributed by atoms with Gasteiger partial charge in [-0.15, -0.1) is 0 Å². The lowest BCUT2D eigenvalue weighted by Gasteiger charge is -2.22. The van der Waals surface area contributed by atoms with Crippen LogP contribution in [0.1, 0.15) is 24.3 Å². The molecule has 0 aliphatic heterocycles. The molecule has 1 heterocycles. The van der Waals surface area contributed by atoms with Gasteiger partial charge < -0.3 is 9.47 Å². The molecule has 0 saturated carbocycles. The quantitative estimate of drug-likeness (QED) is 0.833. The average molecular weight is 327 g/mol. The molecule has 1 rings (SSSR count). The molecule has 1 aromatic heterocycles. The van der Waals surface area contributed by atoms with E-state index in [1.807, 2.05) is 6.92 Å². The van der Waals surface area contributed by atoms with Crippen molar-refractivity contribution in [2.45, 2.75) is 26.6 Å². The molecule has 1 aromatic rings. The number of alkyl halides is 3. The van der Waals surface area contributed by atoms with Crippen molar-refractivity contribution in [1.82, 2.24) is 9.47 Å². The van der Waals surface area contributed by atoms with Gasteiger partial charge in [0.1, 0.15) is 12.2 Å². The Morgan fingerprint density at radius 3 is 2.50 bits per heavy atom. The first-order valence-corrected chi connectivity index (χ1v) is 6.29. The van der Waals surface area contributed by atoms with Crippen LogP contribution in [-0.4, -0.2) is 34.6 Å². The van der Waals surface area contributed by atoms with Crippen LogP contribution in [0.3, 0.4) is 0 Å². The lowest BCUT2D eigenvalue weighted by molar-refractivity contribution is -0.140. The number of carbonyl (C=O) groups excluding carboxylic acids is 1. The molecule has 102 valence electrons. The fraction of sp³-hybridized carbons (Fsp3) is 0.545. The van der Waals surface area contributed by atoms with Crippen molar-refractivity contribution in [3.05, 3.63) is 22.4 Å². The van der Waals surface area contributed by atoms with E-state index >= 15 is 0 Å². The maximum atomic E-state index is 12.3. The predicted molar refractivity (Wildman–Crippen MR) is 65.4 cm³/mol. The summed E-state index contributed by atoms with van der Waals surface area (Å²) in [5, 5.41) is 0. The number of hydrogen-bond acceptors (Lipinski definition) is 1. The van der Waals surface area contributed by atoms with E-state index in [0.717, 1.165) is 4.90 Å². The van der Waals surface area contributed by atoms with Crippen LogP contribution in [0.15, 0.2) is 16.7 Å². The highest BCUT2D eigenvalue weighted by molar-refractivity contribution is 9.10. The molecule has 0 aliphatic rings. The van der Waals surface area contributed by atoms with Crippen LogP contribution in [0.2, 0.25) is 0 Å². The number of amides is 1. The minimum atomic E-state index is -4.38. The molecule has 0 bridgehead atoms. The lowest BCUT2D eigenvalue weighted by Crippen LogP contribution is -2.39. The summed E-state index contributed by atoms with van der Waals surface area (Å²) < 4.78 is 39.3. The van der Waals surface area contributed by atoms with Gasteiger partial charge in [-0.2, -0.15) is 13.2 Å². The van der Waals surface area contributed by atoms with Gasteiger partial charge in [-0.05, 0) is 35.8 Å². The van der Waals surface area contributed by atoms with Gasteiger partial charge in [0.15, 0.2) is 0 Å². The molecule has 7 heteroatoms. The van der Waals surface area contributed by atoms with Gasteiger partial charge >= 0.3 is 6.18 Å². The maximum Gasteiger partial charge on any atom is 0.406 e. The van der Waals surface area contributed by atoms with Crippen molar-refractivity contribution in [2.24, 2.45) is 0 Å². The van der Waals surface area contributed by atoms with E-state index in [2.05, 4.69) is 15.9 Å². The molecular weight excluding hydrogens is 313 g/mol. The summed E-state index contributed by atoms with van der Waals surface area (Å²) >= 11 is 3.21. The Morgan fingerprint density at radius 1 is 1.44 bits per heavy atom. The number of halogens is 4. The number of aromatic nitrogens is 1. The van der Waals surface area contributed by atoms with E-state index in [-0.39, 0.29) is 12.2 Å². The Balaban J connectivity index is 2.96. The Hall–Kier alpha value is -0.980. The standard InChI is InChI=1S/C11H14BrF3N2O/c1-3-16-6-8(12)5-9(16)10(18)17(4-2)7-11(13,14)15/h5-6H,3-4,7H2,1-2H3. The van der Waals surface area contributed by atoms with Gasteiger partial charge in [0, 0.05) is 23.8 Å². The third kappa shape index (κ3) is 3.76. The van der Waals surface area contributed by atoms with Crippen molar-refractivity contribution in [3.8, 4) is 0 Å². The largest absolute Gasteiger partial charge is 0.406 e. The third-order valence-electron chi connectivity index (χ3n) is 2.46. The van der Waals surface area contributed by atoms with Gasteiger partial charge in [0.25, 0.3) is 5.91 Å². The van der Waals surface area contributed by atoms with Crippen LogP contribution in [0.4, 0.5) is 13.2 Å². The third-order valence-corrected chi connectivity index (χ3v) is 2.90. The molecule has 18 heavy (non-hydrogen) atoms. The van der Waals surface area contributed by atoms with E-state index in [9.17, 15) is 18.0 Å². The minimum Gasteiger partial charge on any atom is -0.343 e. The summed E-state index contributed by atoms with van der Waals surface area (Å²) in [6, 6.07) is 1.53. The van der Waals surface area contributed by atoms with E-state index in [1.165, 1.54) is 13.0 Å². The van der Waals surface area contributed by atoms with Gasteiger partial charge in [0.05, 0.1) is 0 Å². The van der Waals surface area contributed by atoms with Crippen LogP contribution in [0.25, 0.3) is 0 Å². The van der Waals surface area contributed by atoms with Crippen molar-refractivity contribution in [2.75, 3.05) is 13.1 Å². The topological polar surface area (TPSA) is 25.2 Å². The zero-order chi connectivity index (χ0) is 13.9. The van der Waals surface area contributed by atoms with Crippen LogP contribution in [0.5, 0.6) is 0 Å². The SMILES string of the molecule is CCN(CC(F)(F)F)C(=O)c1cc(Br)cn1CC. The van der Waals surface area contributed by atoms with Gasteiger partial charge in [-0.25, -0.2) is 0 Å². The summed E-state index contributed by atoms with van der Waals surface area (Å²) in [7, 11) is 0. The number of nitrogens with zero attached hydrogens (tertiary/aromatic N) is 2. The fourth-order valence-corrected chi connectivity index (χ4v) is 2.09. The number of aryl methyl sites for hydroxylation is 1. The van der Waals surface area contributed by atoms with Crippen molar-refractivity contribution in [3.63, 3.8) is 0 Å². The molecule has 0 atom stereocenters. The molecule has 0 aromatic carbocycles. The molecule has 0 spiro atoms. The molecule has 3 nitrogen and oxygen atoms in total. The van der Waals surface area contributed by atoms with Crippen molar-refractivity contribution >= 4 is 21.8 Å². The van der Waals surface area contributed by atoms with Crippen LogP contribution < -0.4 is 0 Å². The minimum absolute atomic E-state index is 0.0187. The highest BCUT2D eigenvalue weighted by Crippen LogP contribution is 2.20. The molecule has 0 unspecified atom stereocenters. The van der Waals surface area contributed by atoms with Crippen LogP contribution in [0, 0.1) is 0 Å². The summed E-state index contributed by atoms with van der Waals surface area (Å²) in [5.41, 5.74) is 0.260. The number of carbonyl (C=O) groups is 1. The second-order valence-electron chi connectivity index (χ2n) is 3.76. The summed E-state index contributed by atoms with van der Waals surface area (Å²) in [6.45, 7) is 2.66. The smallest absolute Gasteiger partial charge is 0.343 e. The zero-order valence-electron chi connectivity index (χ0n) is 10.1. The highest BCUT2D eigenvalue weighted by atomic mass is 79.9. The van der Waals surface area contributed by atoms with E-state index in [1.54, 1.807) is 10.8 Å². The Labute approximate surface area is 112 Å². The zero-order valence-corrected chi connectivity index (χ0v) is 11.7. The number of hydrogen-bond donors (Lipinski definition) is 0. The first-order valence-electron chi connectivity index (χ1n) is 5.50. The van der Waals surface area contributed by atoms with Crippen molar-refractivity contribution in [1.29, 1.82) is 0 Å². The second-order valence-corrected chi connectivity index (χ2v) is 4.68. The molecule has 0 N–H and O–H groups in total. The van der Waals surface area contributed by atoms with E-state index in [4.69, 9.17) is 0 Å². The Kier molecular flexibility index (Phi) is 4.84. The van der Waals surface area contributed by atoms with Crippen molar-refractivity contribution < 1.29 is 18.0 Å². The first kappa shape index (κ1) is 15.1. The summed E-state index contributed by atoms with van der Waals surface area (Å²) in [5.74, 6) is -0.609. The predicted octanol–water partition coefficient (Wildman–Crippen LogP) is 3.29. The van der Waals surface area contributed by atoms with Crippen LogP contribution >= 0.6 is 15.9 Å². The first-order chi connectivity index (χ1) is 8.28. The van der Waals surface area contributed by atoms with E-state index in [0.29, 0.717) is 11.0 Å².